The summed E-state index contributed by atoms with van der Waals surface area (Å²) in [5.41, 5.74) is -0.184. The van der Waals surface area contributed by atoms with E-state index >= 15 is 0 Å². The lowest BCUT2D eigenvalue weighted by Crippen LogP contribution is -2.38. The van der Waals surface area contributed by atoms with Crippen molar-refractivity contribution >= 4 is 5.91 Å². The average Bonchev–Trinajstić information content (AvgIpc) is 2.29. The van der Waals surface area contributed by atoms with Gasteiger partial charge in [-0.1, -0.05) is 6.07 Å². The van der Waals surface area contributed by atoms with Crippen LogP contribution in [-0.4, -0.2) is 47.6 Å². The van der Waals surface area contributed by atoms with Gasteiger partial charge in [0.15, 0.2) is 0 Å². The minimum absolute atomic E-state index is 0.0962. The molecular weight excluding hydrogens is 238 g/mol. The van der Waals surface area contributed by atoms with Crippen LogP contribution in [0.15, 0.2) is 18.2 Å². The number of aliphatic hydroxyl groups excluding tert-OH is 1. The SMILES string of the molecule is COCC(CCO)NC(=O)c1c(O)cccc1O. The molecule has 1 aromatic carbocycles. The predicted molar refractivity (Wildman–Crippen MR) is 64.6 cm³/mol. The fourth-order valence-electron chi connectivity index (χ4n) is 1.57. The largest absolute Gasteiger partial charge is 0.507 e. The van der Waals surface area contributed by atoms with Gasteiger partial charge in [-0.2, -0.15) is 0 Å². The third-order valence-corrected chi connectivity index (χ3v) is 2.43. The first-order valence-corrected chi connectivity index (χ1v) is 5.51. The quantitative estimate of drug-likeness (QED) is 0.583. The second-order valence-electron chi connectivity index (χ2n) is 3.81. The van der Waals surface area contributed by atoms with Crippen molar-refractivity contribution in [1.82, 2.24) is 5.32 Å². The van der Waals surface area contributed by atoms with E-state index in [0.29, 0.717) is 6.42 Å². The number of phenols is 2. The number of ether oxygens (including phenoxy) is 1. The first-order chi connectivity index (χ1) is 8.60. The molecule has 0 bridgehead atoms. The molecule has 0 fully saturated rings. The molecule has 100 valence electrons. The number of hydrogen-bond acceptors (Lipinski definition) is 5. The molecule has 0 spiro atoms. The van der Waals surface area contributed by atoms with Crippen LogP contribution < -0.4 is 5.32 Å². The zero-order valence-corrected chi connectivity index (χ0v) is 10.1. The van der Waals surface area contributed by atoms with Crippen LogP contribution in [0.5, 0.6) is 11.5 Å². The Morgan fingerprint density at radius 3 is 2.50 bits per heavy atom. The van der Waals surface area contributed by atoms with E-state index in [1.807, 2.05) is 0 Å². The van der Waals surface area contributed by atoms with Gasteiger partial charge in [-0.15, -0.1) is 0 Å². The monoisotopic (exact) mass is 255 g/mol. The van der Waals surface area contributed by atoms with Crippen molar-refractivity contribution in [1.29, 1.82) is 0 Å². The number of hydrogen-bond donors (Lipinski definition) is 4. The van der Waals surface area contributed by atoms with Crippen LogP contribution in [0.2, 0.25) is 0 Å². The second-order valence-corrected chi connectivity index (χ2v) is 3.81. The number of aromatic hydroxyl groups is 2. The van der Waals surface area contributed by atoms with Crippen LogP contribution in [0.3, 0.4) is 0 Å². The first-order valence-electron chi connectivity index (χ1n) is 5.51. The van der Waals surface area contributed by atoms with E-state index in [1.165, 1.54) is 25.3 Å². The topological polar surface area (TPSA) is 99.0 Å². The van der Waals surface area contributed by atoms with E-state index < -0.39 is 5.91 Å². The van der Waals surface area contributed by atoms with Crippen molar-refractivity contribution in [3.63, 3.8) is 0 Å². The molecule has 0 saturated carbocycles. The molecule has 6 heteroatoms. The molecule has 1 atom stereocenters. The molecule has 0 aromatic heterocycles. The van der Waals surface area contributed by atoms with Crippen molar-refractivity contribution in [2.45, 2.75) is 12.5 Å². The average molecular weight is 255 g/mol. The van der Waals surface area contributed by atoms with E-state index in [4.69, 9.17) is 9.84 Å². The van der Waals surface area contributed by atoms with E-state index in [0.717, 1.165) is 0 Å². The van der Waals surface area contributed by atoms with Crippen LogP contribution in [0.4, 0.5) is 0 Å². The van der Waals surface area contributed by atoms with E-state index in [1.54, 1.807) is 0 Å². The number of rotatable bonds is 6. The van der Waals surface area contributed by atoms with Crippen LogP contribution in [-0.2, 0) is 4.74 Å². The lowest BCUT2D eigenvalue weighted by molar-refractivity contribution is 0.0873. The third kappa shape index (κ3) is 3.61. The maximum absolute atomic E-state index is 11.9. The van der Waals surface area contributed by atoms with Gasteiger partial charge in [0.25, 0.3) is 5.91 Å². The number of phenolic OH excluding ortho intramolecular Hbond substituents is 2. The van der Waals surface area contributed by atoms with Crippen LogP contribution >= 0.6 is 0 Å². The Morgan fingerprint density at radius 1 is 1.39 bits per heavy atom. The molecule has 0 aliphatic carbocycles. The number of aliphatic hydroxyl groups is 1. The molecule has 4 N–H and O–H groups in total. The molecule has 6 nitrogen and oxygen atoms in total. The molecule has 0 radical (unpaired) electrons. The highest BCUT2D eigenvalue weighted by atomic mass is 16.5. The number of carbonyl (C=O) groups excluding carboxylic acids is 1. The zero-order valence-electron chi connectivity index (χ0n) is 10.1. The van der Waals surface area contributed by atoms with Crippen molar-refractivity contribution in [2.75, 3.05) is 20.3 Å². The summed E-state index contributed by atoms with van der Waals surface area (Å²) >= 11 is 0. The first kappa shape index (κ1) is 14.3. The van der Waals surface area contributed by atoms with Gasteiger partial charge in [-0.05, 0) is 18.6 Å². The van der Waals surface area contributed by atoms with Gasteiger partial charge in [0.05, 0.1) is 12.6 Å². The second kappa shape index (κ2) is 6.83. The number of benzene rings is 1. The molecule has 0 aliphatic heterocycles. The zero-order chi connectivity index (χ0) is 13.5. The Bertz CT molecular complexity index is 381. The van der Waals surface area contributed by atoms with Gasteiger partial charge in [0.2, 0.25) is 0 Å². The lowest BCUT2D eigenvalue weighted by atomic mass is 10.1. The summed E-state index contributed by atoms with van der Waals surface area (Å²) in [6.07, 6.45) is 0.327. The fraction of sp³-hybridized carbons (Fsp3) is 0.417. The normalized spacial score (nSPS) is 12.1. The van der Waals surface area contributed by atoms with Gasteiger partial charge in [0.1, 0.15) is 17.1 Å². The van der Waals surface area contributed by atoms with E-state index in [2.05, 4.69) is 5.32 Å². The number of amides is 1. The lowest BCUT2D eigenvalue weighted by Gasteiger charge is -2.17. The van der Waals surface area contributed by atoms with Crippen LogP contribution in [0.1, 0.15) is 16.8 Å². The Kier molecular flexibility index (Phi) is 5.41. The van der Waals surface area contributed by atoms with Crippen molar-refractivity contribution in [2.24, 2.45) is 0 Å². The van der Waals surface area contributed by atoms with Gasteiger partial charge in [0, 0.05) is 13.7 Å². The van der Waals surface area contributed by atoms with Gasteiger partial charge < -0.3 is 25.4 Å². The summed E-state index contributed by atoms with van der Waals surface area (Å²) in [5.74, 6) is -1.21. The molecule has 1 unspecified atom stereocenters. The Hall–Kier alpha value is -1.79. The highest BCUT2D eigenvalue weighted by Gasteiger charge is 2.19. The van der Waals surface area contributed by atoms with Gasteiger partial charge in [-0.25, -0.2) is 0 Å². The Morgan fingerprint density at radius 2 is 2.00 bits per heavy atom. The number of carbonyl (C=O) groups is 1. The van der Waals surface area contributed by atoms with Crippen molar-refractivity contribution in [3.8, 4) is 11.5 Å². The van der Waals surface area contributed by atoms with Gasteiger partial charge in [-0.3, -0.25) is 4.79 Å². The van der Waals surface area contributed by atoms with Crippen LogP contribution in [0.25, 0.3) is 0 Å². The molecule has 0 heterocycles. The summed E-state index contributed by atoms with van der Waals surface area (Å²) in [5, 5.41) is 30.5. The Balaban J connectivity index is 2.80. The maximum Gasteiger partial charge on any atom is 0.259 e. The fourth-order valence-corrected chi connectivity index (χ4v) is 1.57. The molecule has 18 heavy (non-hydrogen) atoms. The smallest absolute Gasteiger partial charge is 0.259 e. The molecule has 1 rings (SSSR count). The summed E-state index contributed by atoms with van der Waals surface area (Å²) in [6, 6.07) is 3.67. The molecule has 1 aromatic rings. The summed E-state index contributed by atoms with van der Waals surface area (Å²) in [4.78, 5) is 11.9. The summed E-state index contributed by atoms with van der Waals surface area (Å²) < 4.78 is 4.90. The van der Waals surface area contributed by atoms with E-state index in [9.17, 15) is 15.0 Å². The molecule has 0 saturated heterocycles. The predicted octanol–water partition coefficient (Wildman–Crippen LogP) is 0.225. The Labute approximate surface area is 105 Å². The molecular formula is C12H17NO5. The highest BCUT2D eigenvalue weighted by molar-refractivity contribution is 5.99. The third-order valence-electron chi connectivity index (χ3n) is 2.43. The van der Waals surface area contributed by atoms with Crippen molar-refractivity contribution in [3.05, 3.63) is 23.8 Å². The van der Waals surface area contributed by atoms with Crippen LogP contribution in [0, 0.1) is 0 Å². The summed E-state index contributed by atoms with van der Waals surface area (Å²) in [7, 11) is 1.48. The molecule has 0 aliphatic rings. The maximum atomic E-state index is 11.9. The summed E-state index contributed by atoms with van der Waals surface area (Å²) in [6.45, 7) is 0.141. The van der Waals surface area contributed by atoms with Gasteiger partial charge >= 0.3 is 0 Å². The highest BCUT2D eigenvalue weighted by Crippen LogP contribution is 2.25. The van der Waals surface area contributed by atoms with E-state index in [-0.39, 0.29) is 36.3 Å². The van der Waals surface area contributed by atoms with Crippen molar-refractivity contribution < 1.29 is 24.9 Å². The number of methoxy groups -OCH3 is 1. The number of nitrogens with one attached hydrogen (secondary N) is 1. The molecule has 1 amide bonds. The minimum Gasteiger partial charge on any atom is -0.507 e. The standard InChI is InChI=1S/C12H17NO5/c1-18-7-8(5-6-14)13-12(17)11-9(15)3-2-4-10(11)16/h2-4,8,14-16H,5-7H2,1H3,(H,13,17). The minimum atomic E-state index is -0.610.